The minimum Gasteiger partial charge on any atom is -0.308 e. The zero-order valence-electron chi connectivity index (χ0n) is 31.5. The average Bonchev–Trinajstić information content (AvgIpc) is 3.30. The maximum absolute atomic E-state index is 5.29. The molecule has 0 atom stereocenters. The van der Waals surface area contributed by atoms with E-state index in [0.29, 0.717) is 5.82 Å². The Kier molecular flexibility index (Phi) is 8.41. The molecular weight excluding hydrogens is 723 g/mol. The first-order valence-corrected chi connectivity index (χ1v) is 20.4. The van der Waals surface area contributed by atoms with Crippen molar-refractivity contribution in [2.24, 2.45) is 0 Å². The van der Waals surface area contributed by atoms with Gasteiger partial charge in [0.25, 0.3) is 0 Å². The first kappa shape index (κ1) is 34.0. The standard InChI is InChI=1S/C54H35N3S/c1-3-17-37(18-4-1)47-35-48(56-54(55-47)38-19-5-2-6-20-38)41-33-39(43-25-15-21-36-16-7-8-22-42(36)43)32-40(34-41)44-30-31-49(46-24-10-9-23-45(44)46)57-50-26-11-13-28-52(50)58-53-29-14-12-27-51(53)57/h1-35H. The van der Waals surface area contributed by atoms with Crippen LogP contribution in [-0.2, 0) is 0 Å². The Balaban J connectivity index is 1.15. The van der Waals surface area contributed by atoms with Crippen molar-refractivity contribution in [2.75, 3.05) is 4.90 Å². The van der Waals surface area contributed by atoms with Gasteiger partial charge in [-0.05, 0) is 93.0 Å². The fourth-order valence-electron chi connectivity index (χ4n) is 8.33. The summed E-state index contributed by atoms with van der Waals surface area (Å²) in [6.07, 6.45) is 0. The molecule has 1 aliphatic heterocycles. The highest BCUT2D eigenvalue weighted by molar-refractivity contribution is 7.99. The second-order valence-electron chi connectivity index (χ2n) is 14.6. The Labute approximate surface area is 342 Å². The summed E-state index contributed by atoms with van der Waals surface area (Å²) in [7, 11) is 0. The van der Waals surface area contributed by atoms with Gasteiger partial charge in [0.2, 0.25) is 0 Å². The molecule has 9 aromatic carbocycles. The zero-order valence-corrected chi connectivity index (χ0v) is 32.3. The Bertz CT molecular complexity index is 3050. The largest absolute Gasteiger partial charge is 0.308 e. The molecule has 1 aromatic heterocycles. The zero-order chi connectivity index (χ0) is 38.4. The Morgan fingerprint density at radius 3 is 1.55 bits per heavy atom. The maximum atomic E-state index is 5.29. The van der Waals surface area contributed by atoms with E-state index in [0.717, 1.165) is 50.5 Å². The van der Waals surface area contributed by atoms with Crippen molar-refractivity contribution >= 4 is 50.4 Å². The molecule has 0 unspecified atom stereocenters. The number of aromatic nitrogens is 2. The summed E-state index contributed by atoms with van der Waals surface area (Å²) in [6.45, 7) is 0. The Hall–Kier alpha value is -7.27. The summed E-state index contributed by atoms with van der Waals surface area (Å²) in [6, 6.07) is 75.9. The van der Waals surface area contributed by atoms with Gasteiger partial charge in [-0.1, -0.05) is 169 Å². The van der Waals surface area contributed by atoms with Gasteiger partial charge in [0.1, 0.15) is 0 Å². The predicted octanol–water partition coefficient (Wildman–Crippen LogP) is 15.1. The minimum absolute atomic E-state index is 0.698. The second kappa shape index (κ2) is 14.3. The fourth-order valence-corrected chi connectivity index (χ4v) is 9.38. The third-order valence-electron chi connectivity index (χ3n) is 11.0. The number of fused-ring (bicyclic) bond motifs is 4. The molecule has 3 nitrogen and oxygen atoms in total. The van der Waals surface area contributed by atoms with Gasteiger partial charge in [0.15, 0.2) is 5.82 Å². The van der Waals surface area contributed by atoms with Crippen molar-refractivity contribution in [3.8, 4) is 56.2 Å². The second-order valence-corrected chi connectivity index (χ2v) is 15.7. The number of hydrogen-bond donors (Lipinski definition) is 0. The van der Waals surface area contributed by atoms with Crippen LogP contribution in [0.5, 0.6) is 0 Å². The van der Waals surface area contributed by atoms with E-state index in [9.17, 15) is 0 Å². The summed E-state index contributed by atoms with van der Waals surface area (Å²) >= 11 is 1.83. The first-order valence-electron chi connectivity index (χ1n) is 19.6. The van der Waals surface area contributed by atoms with Crippen molar-refractivity contribution in [1.29, 1.82) is 0 Å². The van der Waals surface area contributed by atoms with E-state index in [1.807, 2.05) is 36.0 Å². The number of para-hydroxylation sites is 2. The number of benzene rings is 9. The molecule has 10 aromatic rings. The van der Waals surface area contributed by atoms with Gasteiger partial charge >= 0.3 is 0 Å². The molecule has 0 N–H and O–H groups in total. The van der Waals surface area contributed by atoms with Crippen LogP contribution in [0.25, 0.3) is 77.7 Å². The van der Waals surface area contributed by atoms with Crippen LogP contribution in [-0.4, -0.2) is 9.97 Å². The molecule has 2 heterocycles. The van der Waals surface area contributed by atoms with E-state index in [4.69, 9.17) is 9.97 Å². The molecule has 11 rings (SSSR count). The quantitative estimate of drug-likeness (QED) is 0.169. The summed E-state index contributed by atoms with van der Waals surface area (Å²) in [5, 5.41) is 4.80. The molecule has 0 spiro atoms. The number of hydrogen-bond acceptors (Lipinski definition) is 4. The van der Waals surface area contributed by atoms with Crippen molar-refractivity contribution in [2.45, 2.75) is 9.79 Å². The van der Waals surface area contributed by atoms with E-state index in [1.54, 1.807) is 0 Å². The van der Waals surface area contributed by atoms with Crippen LogP contribution in [0.4, 0.5) is 17.1 Å². The van der Waals surface area contributed by atoms with Crippen LogP contribution in [0.15, 0.2) is 222 Å². The minimum atomic E-state index is 0.698. The third-order valence-corrected chi connectivity index (χ3v) is 12.2. The summed E-state index contributed by atoms with van der Waals surface area (Å²) in [4.78, 5) is 15.3. The fraction of sp³-hybridized carbons (Fsp3) is 0. The van der Waals surface area contributed by atoms with Crippen LogP contribution >= 0.6 is 11.8 Å². The first-order chi connectivity index (χ1) is 28.7. The van der Waals surface area contributed by atoms with Crippen LogP contribution in [0.1, 0.15) is 0 Å². The number of rotatable bonds is 6. The average molecular weight is 758 g/mol. The number of anilines is 3. The molecule has 58 heavy (non-hydrogen) atoms. The lowest BCUT2D eigenvalue weighted by Gasteiger charge is -2.33. The van der Waals surface area contributed by atoms with E-state index in [1.165, 1.54) is 48.3 Å². The maximum Gasteiger partial charge on any atom is 0.160 e. The van der Waals surface area contributed by atoms with Crippen LogP contribution in [0.2, 0.25) is 0 Å². The Morgan fingerprint density at radius 1 is 0.328 bits per heavy atom. The molecule has 0 saturated heterocycles. The summed E-state index contributed by atoms with van der Waals surface area (Å²) in [5.41, 5.74) is 13.0. The van der Waals surface area contributed by atoms with Gasteiger partial charge in [0.05, 0.1) is 28.5 Å². The normalized spacial score (nSPS) is 12.0. The van der Waals surface area contributed by atoms with Crippen LogP contribution in [0, 0.1) is 0 Å². The molecule has 0 aliphatic carbocycles. The highest BCUT2D eigenvalue weighted by Crippen LogP contribution is 2.53. The molecular formula is C54H35N3S. The molecule has 0 radical (unpaired) electrons. The molecule has 4 heteroatoms. The van der Waals surface area contributed by atoms with Crippen LogP contribution < -0.4 is 4.90 Å². The van der Waals surface area contributed by atoms with Crippen molar-refractivity contribution in [3.63, 3.8) is 0 Å². The van der Waals surface area contributed by atoms with E-state index < -0.39 is 0 Å². The lowest BCUT2D eigenvalue weighted by molar-refractivity contribution is 1.17. The van der Waals surface area contributed by atoms with Gasteiger partial charge in [-0.15, -0.1) is 0 Å². The molecule has 0 fully saturated rings. The van der Waals surface area contributed by atoms with Crippen molar-refractivity contribution in [1.82, 2.24) is 9.97 Å². The third kappa shape index (κ3) is 6.03. The lowest BCUT2D eigenvalue weighted by Crippen LogP contribution is -2.15. The predicted molar refractivity (Wildman–Crippen MR) is 243 cm³/mol. The summed E-state index contributed by atoms with van der Waals surface area (Å²) < 4.78 is 0. The lowest BCUT2D eigenvalue weighted by atomic mass is 9.90. The van der Waals surface area contributed by atoms with E-state index in [-0.39, 0.29) is 0 Å². The van der Waals surface area contributed by atoms with Crippen molar-refractivity contribution in [3.05, 3.63) is 212 Å². The highest BCUT2D eigenvalue weighted by atomic mass is 32.2. The van der Waals surface area contributed by atoms with Gasteiger partial charge in [-0.25, -0.2) is 9.97 Å². The molecule has 0 amide bonds. The Morgan fingerprint density at radius 2 is 0.845 bits per heavy atom. The van der Waals surface area contributed by atoms with Crippen molar-refractivity contribution < 1.29 is 0 Å². The van der Waals surface area contributed by atoms with E-state index in [2.05, 4.69) is 193 Å². The van der Waals surface area contributed by atoms with Crippen LogP contribution in [0.3, 0.4) is 0 Å². The molecule has 0 bridgehead atoms. The van der Waals surface area contributed by atoms with E-state index >= 15 is 0 Å². The smallest absolute Gasteiger partial charge is 0.160 e. The highest BCUT2D eigenvalue weighted by Gasteiger charge is 2.26. The van der Waals surface area contributed by atoms with Gasteiger partial charge in [-0.3, -0.25) is 0 Å². The molecule has 1 aliphatic rings. The van der Waals surface area contributed by atoms with Gasteiger partial charge in [0, 0.05) is 31.9 Å². The van der Waals surface area contributed by atoms with Gasteiger partial charge < -0.3 is 4.90 Å². The monoisotopic (exact) mass is 757 g/mol. The van der Waals surface area contributed by atoms with Gasteiger partial charge in [-0.2, -0.15) is 0 Å². The molecule has 272 valence electrons. The number of nitrogens with zero attached hydrogens (tertiary/aromatic N) is 3. The summed E-state index contributed by atoms with van der Waals surface area (Å²) in [5.74, 6) is 0.698. The topological polar surface area (TPSA) is 29.0 Å². The molecule has 0 saturated carbocycles. The SMILES string of the molecule is c1ccc(-c2cc(-c3cc(-c4cccc5ccccc45)cc(-c4ccc(N5c6ccccc6Sc6ccccc65)c5ccccc45)c3)nc(-c3ccccc3)n2)cc1.